The van der Waals surface area contributed by atoms with Crippen molar-refractivity contribution in [3.63, 3.8) is 0 Å². The fourth-order valence-electron chi connectivity index (χ4n) is 3.14. The summed E-state index contributed by atoms with van der Waals surface area (Å²) < 4.78 is 10.8. The average molecular weight is 328 g/mol. The van der Waals surface area contributed by atoms with Crippen LogP contribution in [0.5, 0.6) is 11.5 Å². The SMILES string of the molecule is COc1cc2c(cc1OC)C1c3ccccc3NC(=O)N1CS2. The van der Waals surface area contributed by atoms with E-state index in [0.29, 0.717) is 17.4 Å². The number of hydrogen-bond acceptors (Lipinski definition) is 4. The van der Waals surface area contributed by atoms with Crippen LogP contribution in [0.3, 0.4) is 0 Å². The summed E-state index contributed by atoms with van der Waals surface area (Å²) in [6.07, 6.45) is 0. The molecule has 2 amide bonds. The average Bonchev–Trinajstić information content (AvgIpc) is 2.60. The Balaban J connectivity index is 1.92. The molecule has 118 valence electrons. The maximum absolute atomic E-state index is 12.4. The molecule has 6 heteroatoms. The van der Waals surface area contributed by atoms with Crippen LogP contribution in [0.2, 0.25) is 0 Å². The van der Waals surface area contributed by atoms with E-state index in [1.807, 2.05) is 35.2 Å². The second kappa shape index (κ2) is 5.38. The lowest BCUT2D eigenvalue weighted by Crippen LogP contribution is -2.44. The molecule has 0 aliphatic carbocycles. The van der Waals surface area contributed by atoms with E-state index in [4.69, 9.17) is 9.47 Å². The Kier molecular flexibility index (Phi) is 3.34. The van der Waals surface area contributed by atoms with Gasteiger partial charge >= 0.3 is 6.03 Å². The first-order valence-electron chi connectivity index (χ1n) is 7.28. The molecule has 5 nitrogen and oxygen atoms in total. The first-order valence-corrected chi connectivity index (χ1v) is 8.26. The van der Waals surface area contributed by atoms with Gasteiger partial charge in [-0.3, -0.25) is 0 Å². The molecule has 0 bridgehead atoms. The highest BCUT2D eigenvalue weighted by atomic mass is 32.2. The Morgan fingerprint density at radius 1 is 1.13 bits per heavy atom. The highest BCUT2D eigenvalue weighted by Crippen LogP contribution is 2.48. The molecule has 1 N–H and O–H groups in total. The fraction of sp³-hybridized carbons (Fsp3) is 0.235. The van der Waals surface area contributed by atoms with E-state index < -0.39 is 0 Å². The summed E-state index contributed by atoms with van der Waals surface area (Å²) >= 11 is 1.63. The Morgan fingerprint density at radius 2 is 1.87 bits per heavy atom. The third kappa shape index (κ3) is 2.13. The minimum atomic E-state index is -0.101. The van der Waals surface area contributed by atoms with Crippen LogP contribution in [0, 0.1) is 0 Å². The maximum atomic E-state index is 12.4. The van der Waals surface area contributed by atoms with E-state index in [0.717, 1.165) is 21.7 Å². The third-order valence-electron chi connectivity index (χ3n) is 4.24. The molecule has 0 fully saturated rings. The van der Waals surface area contributed by atoms with Crippen molar-refractivity contribution in [1.29, 1.82) is 0 Å². The van der Waals surface area contributed by atoms with Crippen LogP contribution in [-0.2, 0) is 0 Å². The molecule has 0 aromatic heterocycles. The highest BCUT2D eigenvalue weighted by molar-refractivity contribution is 7.99. The van der Waals surface area contributed by atoms with Gasteiger partial charge in [-0.05, 0) is 23.8 Å². The van der Waals surface area contributed by atoms with Crippen LogP contribution >= 0.6 is 11.8 Å². The maximum Gasteiger partial charge on any atom is 0.323 e. The number of urea groups is 1. The number of nitrogens with zero attached hydrogens (tertiary/aromatic N) is 1. The van der Waals surface area contributed by atoms with Crippen LogP contribution < -0.4 is 14.8 Å². The summed E-state index contributed by atoms with van der Waals surface area (Å²) in [6, 6.07) is 11.7. The molecule has 0 spiro atoms. The lowest BCUT2D eigenvalue weighted by molar-refractivity contribution is 0.204. The van der Waals surface area contributed by atoms with Crippen molar-refractivity contribution in [1.82, 2.24) is 4.90 Å². The number of amides is 2. The lowest BCUT2D eigenvalue weighted by atomic mass is 9.93. The molecule has 2 aliphatic rings. The number of benzene rings is 2. The second-order valence-electron chi connectivity index (χ2n) is 5.41. The molecule has 0 saturated carbocycles. The first-order chi connectivity index (χ1) is 11.2. The van der Waals surface area contributed by atoms with Gasteiger partial charge in [-0.2, -0.15) is 0 Å². The van der Waals surface area contributed by atoms with E-state index in [1.54, 1.807) is 26.0 Å². The monoisotopic (exact) mass is 328 g/mol. The van der Waals surface area contributed by atoms with Gasteiger partial charge in [-0.1, -0.05) is 18.2 Å². The number of hydrogen-bond donors (Lipinski definition) is 1. The summed E-state index contributed by atoms with van der Waals surface area (Å²) in [5, 5.41) is 2.96. The molecule has 0 radical (unpaired) electrons. The summed E-state index contributed by atoms with van der Waals surface area (Å²) in [4.78, 5) is 15.4. The van der Waals surface area contributed by atoms with Crippen LogP contribution in [0.4, 0.5) is 10.5 Å². The summed E-state index contributed by atoms with van der Waals surface area (Å²) in [6.45, 7) is 0. The zero-order valence-electron chi connectivity index (χ0n) is 12.8. The Bertz CT molecular complexity index is 793. The molecule has 4 rings (SSSR count). The minimum absolute atomic E-state index is 0.0679. The largest absolute Gasteiger partial charge is 0.493 e. The normalized spacial score (nSPS) is 18.4. The minimum Gasteiger partial charge on any atom is -0.493 e. The fourth-order valence-corrected chi connectivity index (χ4v) is 4.22. The summed E-state index contributed by atoms with van der Waals surface area (Å²) in [5.41, 5.74) is 3.04. The van der Waals surface area contributed by atoms with Crippen molar-refractivity contribution in [3.05, 3.63) is 47.5 Å². The smallest absolute Gasteiger partial charge is 0.323 e. The quantitative estimate of drug-likeness (QED) is 0.913. The van der Waals surface area contributed by atoms with Crippen LogP contribution in [0.25, 0.3) is 0 Å². The molecule has 1 unspecified atom stereocenters. The highest BCUT2D eigenvalue weighted by Gasteiger charge is 2.38. The van der Waals surface area contributed by atoms with Gasteiger partial charge in [-0.25, -0.2) is 4.79 Å². The van der Waals surface area contributed by atoms with Crippen molar-refractivity contribution < 1.29 is 14.3 Å². The number of anilines is 1. The molecule has 2 aliphatic heterocycles. The Labute approximate surface area is 138 Å². The van der Waals surface area contributed by atoms with Gasteiger partial charge in [0.15, 0.2) is 11.5 Å². The van der Waals surface area contributed by atoms with Gasteiger partial charge in [0.25, 0.3) is 0 Å². The zero-order valence-corrected chi connectivity index (χ0v) is 13.6. The third-order valence-corrected chi connectivity index (χ3v) is 5.31. The van der Waals surface area contributed by atoms with Crippen LogP contribution in [0.1, 0.15) is 17.2 Å². The number of methoxy groups -OCH3 is 2. The van der Waals surface area contributed by atoms with Gasteiger partial charge in [-0.15, -0.1) is 11.8 Å². The summed E-state index contributed by atoms with van der Waals surface area (Å²) in [7, 11) is 3.26. The van der Waals surface area contributed by atoms with Gasteiger partial charge in [0, 0.05) is 16.1 Å². The van der Waals surface area contributed by atoms with E-state index in [9.17, 15) is 4.79 Å². The molecule has 1 atom stereocenters. The van der Waals surface area contributed by atoms with Crippen molar-refractivity contribution in [2.75, 3.05) is 25.4 Å². The number of nitrogens with one attached hydrogen (secondary N) is 1. The van der Waals surface area contributed by atoms with Gasteiger partial charge in [0.1, 0.15) is 0 Å². The van der Waals surface area contributed by atoms with Crippen LogP contribution in [-0.4, -0.2) is 31.0 Å². The van der Waals surface area contributed by atoms with E-state index >= 15 is 0 Å². The molecular formula is C17H16N2O3S. The number of carbonyl (C=O) groups excluding carboxylic acids is 1. The predicted octanol–water partition coefficient (Wildman–Crippen LogP) is 3.70. The van der Waals surface area contributed by atoms with Gasteiger partial charge in [0.2, 0.25) is 0 Å². The molecule has 23 heavy (non-hydrogen) atoms. The standard InChI is InChI=1S/C17H16N2O3S/c1-21-13-7-11-15(8-14(13)22-2)23-9-19-16(11)10-5-3-4-6-12(10)18-17(19)20/h3-8,16H,9H2,1-2H3,(H,18,20). The second-order valence-corrected chi connectivity index (χ2v) is 6.39. The number of para-hydroxylation sites is 1. The van der Waals surface area contributed by atoms with Crippen LogP contribution in [0.15, 0.2) is 41.3 Å². The van der Waals surface area contributed by atoms with E-state index in [2.05, 4.69) is 11.4 Å². The van der Waals surface area contributed by atoms with Crippen molar-refractivity contribution in [2.24, 2.45) is 0 Å². The molecule has 2 aromatic rings. The lowest BCUT2D eigenvalue weighted by Gasteiger charge is -2.41. The Hall–Kier alpha value is -2.34. The Morgan fingerprint density at radius 3 is 2.65 bits per heavy atom. The molecule has 2 heterocycles. The molecule has 0 saturated heterocycles. The number of ether oxygens (including phenoxy) is 2. The zero-order chi connectivity index (χ0) is 16.0. The van der Waals surface area contributed by atoms with Gasteiger partial charge < -0.3 is 19.7 Å². The van der Waals surface area contributed by atoms with E-state index in [-0.39, 0.29) is 12.1 Å². The van der Waals surface area contributed by atoms with E-state index in [1.165, 1.54) is 0 Å². The molecule has 2 aromatic carbocycles. The van der Waals surface area contributed by atoms with Crippen molar-refractivity contribution in [2.45, 2.75) is 10.9 Å². The number of rotatable bonds is 2. The van der Waals surface area contributed by atoms with Crippen molar-refractivity contribution in [3.8, 4) is 11.5 Å². The van der Waals surface area contributed by atoms with Gasteiger partial charge in [0.05, 0.1) is 26.1 Å². The number of fused-ring (bicyclic) bond motifs is 5. The number of thioether (sulfide) groups is 1. The number of carbonyl (C=O) groups is 1. The topological polar surface area (TPSA) is 50.8 Å². The predicted molar refractivity (Wildman–Crippen MR) is 89.4 cm³/mol. The first kappa shape index (κ1) is 14.3. The summed E-state index contributed by atoms with van der Waals surface area (Å²) in [5.74, 6) is 1.99. The van der Waals surface area contributed by atoms with Crippen molar-refractivity contribution >= 4 is 23.5 Å². The molecular weight excluding hydrogens is 312 g/mol.